The number of hydrogen-bond acceptors (Lipinski definition) is 8. The fraction of sp³-hybridized carbons (Fsp3) is 0.333. The molecule has 2 aliphatic rings. The van der Waals surface area contributed by atoms with Gasteiger partial charge in [-0.25, -0.2) is 0 Å². The lowest BCUT2D eigenvalue weighted by molar-refractivity contribution is 0.118. The van der Waals surface area contributed by atoms with E-state index in [0.29, 0.717) is 24.5 Å². The van der Waals surface area contributed by atoms with Gasteiger partial charge in [-0.15, -0.1) is 4.98 Å². The van der Waals surface area contributed by atoms with Crippen LogP contribution in [-0.2, 0) is 19.8 Å². The van der Waals surface area contributed by atoms with Gasteiger partial charge >= 0.3 is 12.0 Å². The molecule has 208 valence electrons. The van der Waals surface area contributed by atoms with Gasteiger partial charge in [0.15, 0.2) is 5.82 Å². The molecule has 6 rings (SSSR count). The average Bonchev–Trinajstić information content (AvgIpc) is 3.86. The van der Waals surface area contributed by atoms with Gasteiger partial charge in [0.05, 0.1) is 18.2 Å². The zero-order valence-corrected chi connectivity index (χ0v) is 23.4. The van der Waals surface area contributed by atoms with Crippen molar-refractivity contribution in [2.45, 2.75) is 45.6 Å². The number of nitriles is 1. The van der Waals surface area contributed by atoms with E-state index < -0.39 is 0 Å². The van der Waals surface area contributed by atoms with Crippen LogP contribution in [0.5, 0.6) is 12.0 Å². The Bertz CT molecular complexity index is 1520. The summed E-state index contributed by atoms with van der Waals surface area (Å²) in [4.78, 5) is 18.8. The number of ether oxygens (including phenoxy) is 2. The molecule has 0 atom stereocenters. The summed E-state index contributed by atoms with van der Waals surface area (Å²) in [6, 6.07) is 27.4. The molecular formula is C33H34N6O2. The van der Waals surface area contributed by atoms with E-state index in [9.17, 15) is 5.26 Å². The first-order valence-corrected chi connectivity index (χ1v) is 14.2. The van der Waals surface area contributed by atoms with Gasteiger partial charge in [-0.1, -0.05) is 60.7 Å². The molecule has 0 unspecified atom stereocenters. The Morgan fingerprint density at radius 2 is 1.56 bits per heavy atom. The van der Waals surface area contributed by atoms with Crippen LogP contribution in [-0.4, -0.2) is 57.0 Å². The van der Waals surface area contributed by atoms with Crippen LogP contribution in [0.25, 0.3) is 11.1 Å². The molecule has 0 N–H and O–H groups in total. The van der Waals surface area contributed by atoms with Crippen LogP contribution in [0.15, 0.2) is 72.8 Å². The second-order valence-corrected chi connectivity index (χ2v) is 10.7. The SMILES string of the molecule is Cc1c(COc2nc(CN3CCN(C4CC4)CC3)nc(OCc3cccc(C#N)c3)n2)cccc1-c1ccccc1. The van der Waals surface area contributed by atoms with Gasteiger partial charge in [0.1, 0.15) is 13.2 Å². The summed E-state index contributed by atoms with van der Waals surface area (Å²) in [6.45, 7) is 7.44. The van der Waals surface area contributed by atoms with Crippen molar-refractivity contribution in [2.75, 3.05) is 26.2 Å². The van der Waals surface area contributed by atoms with Gasteiger partial charge in [-0.3, -0.25) is 9.80 Å². The van der Waals surface area contributed by atoms with E-state index in [4.69, 9.17) is 9.47 Å². The third-order valence-corrected chi connectivity index (χ3v) is 7.79. The molecule has 0 amide bonds. The predicted octanol–water partition coefficient (Wildman–Crippen LogP) is 5.16. The standard InChI is InChI=1S/C33H34N6O2/c1-24-28(11-6-12-30(24)27-9-3-2-4-10-27)23-41-33-36-31(21-38-15-17-39(18-16-38)29-13-14-29)35-32(37-33)40-22-26-8-5-7-25(19-26)20-34/h2-12,19,29H,13-18,21-23H2,1H3. The highest BCUT2D eigenvalue weighted by Gasteiger charge is 2.31. The van der Waals surface area contributed by atoms with Crippen molar-refractivity contribution in [3.8, 4) is 29.2 Å². The topological polar surface area (TPSA) is 87.4 Å². The highest BCUT2D eigenvalue weighted by atomic mass is 16.5. The van der Waals surface area contributed by atoms with Crippen molar-refractivity contribution in [2.24, 2.45) is 0 Å². The van der Waals surface area contributed by atoms with E-state index in [1.807, 2.05) is 30.3 Å². The number of aromatic nitrogens is 3. The summed E-state index contributed by atoms with van der Waals surface area (Å²) in [5, 5.41) is 9.23. The third kappa shape index (κ3) is 6.88. The first kappa shape index (κ1) is 26.9. The first-order valence-electron chi connectivity index (χ1n) is 14.2. The fourth-order valence-corrected chi connectivity index (χ4v) is 5.29. The van der Waals surface area contributed by atoms with Crippen LogP contribution in [0.3, 0.4) is 0 Å². The molecule has 1 saturated carbocycles. The molecule has 0 spiro atoms. The summed E-state index contributed by atoms with van der Waals surface area (Å²) in [5.41, 5.74) is 6.04. The van der Waals surface area contributed by atoms with E-state index in [0.717, 1.165) is 48.9 Å². The Labute approximate surface area is 241 Å². The maximum atomic E-state index is 9.23. The van der Waals surface area contributed by atoms with Gasteiger partial charge in [0.25, 0.3) is 0 Å². The van der Waals surface area contributed by atoms with E-state index in [-0.39, 0.29) is 18.6 Å². The molecule has 3 aromatic carbocycles. The Morgan fingerprint density at radius 1 is 0.829 bits per heavy atom. The zero-order chi connectivity index (χ0) is 28.0. The van der Waals surface area contributed by atoms with Gasteiger partial charge < -0.3 is 9.47 Å². The first-order chi connectivity index (χ1) is 20.1. The molecule has 8 nitrogen and oxygen atoms in total. The van der Waals surface area contributed by atoms with Crippen molar-refractivity contribution in [1.82, 2.24) is 24.8 Å². The smallest absolute Gasteiger partial charge is 0.323 e. The van der Waals surface area contributed by atoms with Crippen molar-refractivity contribution in [1.29, 1.82) is 5.26 Å². The van der Waals surface area contributed by atoms with Crippen LogP contribution < -0.4 is 9.47 Å². The summed E-state index contributed by atoms with van der Waals surface area (Å²) in [6.07, 6.45) is 2.67. The largest absolute Gasteiger partial charge is 0.458 e. The van der Waals surface area contributed by atoms with Crippen LogP contribution in [0.2, 0.25) is 0 Å². The number of rotatable bonds is 10. The van der Waals surface area contributed by atoms with Gasteiger partial charge in [-0.05, 0) is 59.7 Å². The van der Waals surface area contributed by atoms with Crippen molar-refractivity contribution >= 4 is 0 Å². The minimum Gasteiger partial charge on any atom is -0.458 e. The molecule has 4 aromatic rings. The van der Waals surface area contributed by atoms with Crippen LogP contribution in [0.4, 0.5) is 0 Å². The summed E-state index contributed by atoms with van der Waals surface area (Å²) in [7, 11) is 0. The third-order valence-electron chi connectivity index (χ3n) is 7.79. The predicted molar refractivity (Wildman–Crippen MR) is 156 cm³/mol. The Balaban J connectivity index is 1.19. The lowest BCUT2D eigenvalue weighted by Gasteiger charge is -2.34. The molecule has 8 heteroatoms. The quantitative estimate of drug-likeness (QED) is 0.270. The Hall–Kier alpha value is -4.32. The van der Waals surface area contributed by atoms with E-state index in [2.05, 4.69) is 68.1 Å². The lowest BCUT2D eigenvalue weighted by Crippen LogP contribution is -2.46. The molecule has 1 aliphatic carbocycles. The maximum absolute atomic E-state index is 9.23. The summed E-state index contributed by atoms with van der Waals surface area (Å²) < 4.78 is 12.2. The number of nitrogens with zero attached hydrogens (tertiary/aromatic N) is 6. The summed E-state index contributed by atoms with van der Waals surface area (Å²) >= 11 is 0. The van der Waals surface area contributed by atoms with Crippen molar-refractivity contribution in [3.05, 3.63) is 101 Å². The molecule has 0 radical (unpaired) electrons. The highest BCUT2D eigenvalue weighted by Crippen LogP contribution is 2.28. The van der Waals surface area contributed by atoms with E-state index >= 15 is 0 Å². The van der Waals surface area contributed by atoms with Crippen LogP contribution >= 0.6 is 0 Å². The monoisotopic (exact) mass is 546 g/mol. The minimum atomic E-state index is 0.221. The second-order valence-electron chi connectivity index (χ2n) is 10.7. The van der Waals surface area contributed by atoms with Gasteiger partial charge in [0, 0.05) is 32.2 Å². The summed E-state index contributed by atoms with van der Waals surface area (Å²) in [5.74, 6) is 0.630. The van der Waals surface area contributed by atoms with Crippen molar-refractivity contribution < 1.29 is 9.47 Å². The highest BCUT2D eigenvalue weighted by molar-refractivity contribution is 5.68. The van der Waals surface area contributed by atoms with Crippen LogP contribution in [0, 0.1) is 18.3 Å². The lowest BCUT2D eigenvalue weighted by atomic mass is 9.97. The average molecular weight is 547 g/mol. The van der Waals surface area contributed by atoms with E-state index in [1.165, 1.54) is 24.0 Å². The number of benzene rings is 3. The fourth-order valence-electron chi connectivity index (χ4n) is 5.29. The number of piperazine rings is 1. The van der Waals surface area contributed by atoms with Gasteiger partial charge in [-0.2, -0.15) is 15.2 Å². The minimum absolute atomic E-state index is 0.221. The molecule has 2 heterocycles. The normalized spacial score (nSPS) is 15.8. The molecular weight excluding hydrogens is 512 g/mol. The van der Waals surface area contributed by atoms with E-state index in [1.54, 1.807) is 12.1 Å². The van der Waals surface area contributed by atoms with Crippen molar-refractivity contribution in [3.63, 3.8) is 0 Å². The van der Waals surface area contributed by atoms with Gasteiger partial charge in [0.2, 0.25) is 0 Å². The molecule has 41 heavy (non-hydrogen) atoms. The molecule has 1 aliphatic heterocycles. The maximum Gasteiger partial charge on any atom is 0.323 e. The molecule has 1 saturated heterocycles. The molecule has 2 fully saturated rings. The Morgan fingerprint density at radius 3 is 2.29 bits per heavy atom. The molecule has 0 bridgehead atoms. The Kier molecular flexibility index (Phi) is 8.17. The number of hydrogen-bond donors (Lipinski definition) is 0. The second kappa shape index (κ2) is 12.5. The zero-order valence-electron chi connectivity index (χ0n) is 23.4. The van der Waals surface area contributed by atoms with Crippen LogP contribution in [0.1, 0.15) is 40.9 Å². The molecule has 1 aromatic heterocycles.